The highest BCUT2D eigenvalue weighted by molar-refractivity contribution is 9.10. The number of benzene rings is 2. The molecule has 0 atom stereocenters. The maximum Gasteiger partial charge on any atom is 0.266 e. The van der Waals surface area contributed by atoms with E-state index in [0.29, 0.717) is 11.6 Å². The SMILES string of the molecule is CCCCc1ccc(NC(=O)/C(C#N)=C/c2ccc(C(C)C)cc2)c(Br)c1. The molecule has 2 rings (SSSR count). The maximum atomic E-state index is 12.5. The molecular formula is C23H25BrN2O. The number of unbranched alkanes of at least 4 members (excludes halogenated alkanes) is 1. The third kappa shape index (κ3) is 6.08. The molecule has 27 heavy (non-hydrogen) atoms. The van der Waals surface area contributed by atoms with Crippen molar-refractivity contribution in [2.24, 2.45) is 0 Å². The summed E-state index contributed by atoms with van der Waals surface area (Å²) in [5.74, 6) is 0.0341. The first-order valence-corrected chi connectivity index (χ1v) is 10.1. The van der Waals surface area contributed by atoms with E-state index >= 15 is 0 Å². The Labute approximate surface area is 170 Å². The van der Waals surface area contributed by atoms with E-state index in [1.807, 2.05) is 48.5 Å². The van der Waals surface area contributed by atoms with Crippen molar-refractivity contribution in [3.63, 3.8) is 0 Å². The van der Waals surface area contributed by atoms with Crippen LogP contribution in [0, 0.1) is 11.3 Å². The summed E-state index contributed by atoms with van der Waals surface area (Å²) in [6.45, 7) is 6.42. The van der Waals surface area contributed by atoms with Crippen molar-refractivity contribution >= 4 is 33.6 Å². The second-order valence-corrected chi connectivity index (χ2v) is 7.72. The highest BCUT2D eigenvalue weighted by Gasteiger charge is 2.12. The molecule has 0 aliphatic heterocycles. The van der Waals surface area contributed by atoms with Gasteiger partial charge in [0.25, 0.3) is 5.91 Å². The fraction of sp³-hybridized carbons (Fsp3) is 0.304. The Morgan fingerprint density at radius 1 is 1.22 bits per heavy atom. The summed E-state index contributed by atoms with van der Waals surface area (Å²) in [5, 5.41) is 12.2. The van der Waals surface area contributed by atoms with Crippen LogP contribution in [0.3, 0.4) is 0 Å². The lowest BCUT2D eigenvalue weighted by molar-refractivity contribution is -0.112. The third-order valence-electron chi connectivity index (χ3n) is 4.38. The monoisotopic (exact) mass is 424 g/mol. The fourth-order valence-corrected chi connectivity index (χ4v) is 3.20. The first-order chi connectivity index (χ1) is 12.9. The molecule has 0 spiro atoms. The van der Waals surface area contributed by atoms with E-state index in [1.165, 1.54) is 11.1 Å². The molecule has 0 radical (unpaired) electrons. The molecule has 1 amide bonds. The summed E-state index contributed by atoms with van der Waals surface area (Å²) in [6, 6.07) is 15.8. The van der Waals surface area contributed by atoms with E-state index in [1.54, 1.807) is 6.08 Å². The van der Waals surface area contributed by atoms with Gasteiger partial charge in [0, 0.05) is 4.47 Å². The van der Waals surface area contributed by atoms with Crippen LogP contribution in [0.1, 0.15) is 56.2 Å². The molecular weight excluding hydrogens is 400 g/mol. The van der Waals surface area contributed by atoms with Crippen molar-refractivity contribution < 1.29 is 4.79 Å². The largest absolute Gasteiger partial charge is 0.320 e. The molecule has 2 aromatic rings. The van der Waals surface area contributed by atoms with E-state index in [4.69, 9.17) is 0 Å². The van der Waals surface area contributed by atoms with Gasteiger partial charge in [-0.25, -0.2) is 0 Å². The maximum absolute atomic E-state index is 12.5. The minimum atomic E-state index is -0.410. The molecule has 0 bridgehead atoms. The van der Waals surface area contributed by atoms with E-state index in [2.05, 4.69) is 42.0 Å². The van der Waals surface area contributed by atoms with E-state index in [-0.39, 0.29) is 5.57 Å². The van der Waals surface area contributed by atoms with Gasteiger partial charge in [0.1, 0.15) is 11.6 Å². The van der Waals surface area contributed by atoms with Gasteiger partial charge in [-0.1, -0.05) is 57.5 Å². The molecule has 0 aliphatic carbocycles. The summed E-state index contributed by atoms with van der Waals surface area (Å²) in [4.78, 5) is 12.5. The molecule has 0 unspecified atom stereocenters. The lowest BCUT2D eigenvalue weighted by Gasteiger charge is -2.09. The molecule has 0 saturated carbocycles. The number of aryl methyl sites for hydroxylation is 1. The number of carbonyl (C=O) groups is 1. The molecule has 0 aliphatic rings. The zero-order chi connectivity index (χ0) is 19.8. The van der Waals surface area contributed by atoms with Crippen molar-refractivity contribution in [2.75, 3.05) is 5.32 Å². The molecule has 4 heteroatoms. The van der Waals surface area contributed by atoms with Crippen molar-refractivity contribution in [3.8, 4) is 6.07 Å². The highest BCUT2D eigenvalue weighted by Crippen LogP contribution is 2.25. The van der Waals surface area contributed by atoms with Gasteiger partial charge in [-0.15, -0.1) is 0 Å². The van der Waals surface area contributed by atoms with Crippen LogP contribution in [0.15, 0.2) is 52.5 Å². The predicted octanol–water partition coefficient (Wildman–Crippen LogP) is 6.46. The Bertz CT molecular complexity index is 861. The molecule has 0 fully saturated rings. The number of nitrogens with zero attached hydrogens (tertiary/aromatic N) is 1. The highest BCUT2D eigenvalue weighted by atomic mass is 79.9. The van der Waals surface area contributed by atoms with Gasteiger partial charge >= 0.3 is 0 Å². The minimum absolute atomic E-state index is 0.0780. The number of hydrogen-bond acceptors (Lipinski definition) is 2. The number of rotatable bonds is 7. The summed E-state index contributed by atoms with van der Waals surface area (Å²) in [5.41, 5.74) is 4.02. The first-order valence-electron chi connectivity index (χ1n) is 9.26. The molecule has 0 aromatic heterocycles. The van der Waals surface area contributed by atoms with Crippen LogP contribution in [0.25, 0.3) is 6.08 Å². The average Bonchev–Trinajstić information content (AvgIpc) is 2.66. The van der Waals surface area contributed by atoms with Gasteiger partial charge in [-0.05, 0) is 69.6 Å². The number of carbonyl (C=O) groups excluding carboxylic acids is 1. The zero-order valence-corrected chi connectivity index (χ0v) is 17.6. The number of nitriles is 1. The number of halogens is 1. The van der Waals surface area contributed by atoms with E-state index in [0.717, 1.165) is 29.3 Å². The van der Waals surface area contributed by atoms with E-state index in [9.17, 15) is 10.1 Å². The van der Waals surface area contributed by atoms with Gasteiger partial charge in [-0.3, -0.25) is 4.79 Å². The molecule has 2 aromatic carbocycles. The van der Waals surface area contributed by atoms with Crippen LogP contribution < -0.4 is 5.32 Å². The Balaban J connectivity index is 2.14. The second kappa shape index (κ2) is 10.1. The minimum Gasteiger partial charge on any atom is -0.320 e. The van der Waals surface area contributed by atoms with Gasteiger partial charge in [0.2, 0.25) is 0 Å². The standard InChI is InChI=1S/C23H25BrN2O/c1-4-5-6-17-9-12-22(21(24)14-17)26-23(27)20(15-25)13-18-7-10-19(11-8-18)16(2)3/h7-14,16H,4-6H2,1-3H3,(H,26,27)/b20-13+. The van der Waals surface area contributed by atoms with Crippen LogP contribution in [0.2, 0.25) is 0 Å². The summed E-state index contributed by atoms with van der Waals surface area (Å²) < 4.78 is 0.822. The van der Waals surface area contributed by atoms with Crippen LogP contribution in [-0.2, 0) is 11.2 Å². The second-order valence-electron chi connectivity index (χ2n) is 6.86. The Hall–Kier alpha value is -2.38. The molecule has 3 nitrogen and oxygen atoms in total. The molecule has 140 valence electrons. The topological polar surface area (TPSA) is 52.9 Å². The van der Waals surface area contributed by atoms with Crippen molar-refractivity contribution in [2.45, 2.75) is 46.0 Å². The van der Waals surface area contributed by atoms with Crippen LogP contribution in [-0.4, -0.2) is 5.91 Å². The zero-order valence-electron chi connectivity index (χ0n) is 16.1. The summed E-state index contributed by atoms with van der Waals surface area (Å²) >= 11 is 3.51. The summed E-state index contributed by atoms with van der Waals surface area (Å²) in [6.07, 6.45) is 4.90. The number of anilines is 1. The van der Waals surface area contributed by atoms with Crippen molar-refractivity contribution in [3.05, 3.63) is 69.2 Å². The fourth-order valence-electron chi connectivity index (χ4n) is 2.68. The first kappa shape index (κ1) is 20.9. The predicted molar refractivity (Wildman–Crippen MR) is 116 cm³/mol. The van der Waals surface area contributed by atoms with Gasteiger partial charge < -0.3 is 5.32 Å². The number of hydrogen-bond donors (Lipinski definition) is 1. The molecule has 0 heterocycles. The lowest BCUT2D eigenvalue weighted by Crippen LogP contribution is -2.14. The van der Waals surface area contributed by atoms with Gasteiger partial charge in [-0.2, -0.15) is 5.26 Å². The van der Waals surface area contributed by atoms with Crippen molar-refractivity contribution in [1.29, 1.82) is 5.26 Å². The molecule has 1 N–H and O–H groups in total. The number of amides is 1. The summed E-state index contributed by atoms with van der Waals surface area (Å²) in [7, 11) is 0. The Morgan fingerprint density at radius 3 is 2.48 bits per heavy atom. The smallest absolute Gasteiger partial charge is 0.266 e. The quantitative estimate of drug-likeness (QED) is 0.409. The van der Waals surface area contributed by atoms with Crippen LogP contribution >= 0.6 is 15.9 Å². The third-order valence-corrected chi connectivity index (χ3v) is 5.04. The van der Waals surface area contributed by atoms with Gasteiger partial charge in [0.15, 0.2) is 0 Å². The van der Waals surface area contributed by atoms with Crippen LogP contribution in [0.4, 0.5) is 5.69 Å². The van der Waals surface area contributed by atoms with Crippen molar-refractivity contribution in [1.82, 2.24) is 0 Å². The Morgan fingerprint density at radius 2 is 1.93 bits per heavy atom. The lowest BCUT2D eigenvalue weighted by atomic mass is 10.0. The van der Waals surface area contributed by atoms with Gasteiger partial charge in [0.05, 0.1) is 5.69 Å². The van der Waals surface area contributed by atoms with E-state index < -0.39 is 5.91 Å². The average molecular weight is 425 g/mol. The molecule has 0 saturated heterocycles. The Kier molecular flexibility index (Phi) is 7.82. The number of nitrogens with one attached hydrogen (secondary N) is 1. The normalized spacial score (nSPS) is 11.3. The van der Waals surface area contributed by atoms with Crippen LogP contribution in [0.5, 0.6) is 0 Å².